The van der Waals surface area contributed by atoms with Crippen molar-refractivity contribution in [2.45, 2.75) is 13.1 Å². The average molecular weight is 333 g/mol. The van der Waals surface area contributed by atoms with Gasteiger partial charge in [0.1, 0.15) is 5.58 Å². The molecule has 18 heavy (non-hydrogen) atoms. The molecule has 5 nitrogen and oxygen atoms in total. The van der Waals surface area contributed by atoms with Gasteiger partial charge in [0, 0.05) is 15.9 Å². The lowest BCUT2D eigenvalue weighted by atomic mass is 10.1. The summed E-state index contributed by atoms with van der Waals surface area (Å²) in [5.74, 6) is 0. The molecule has 96 valence electrons. The highest BCUT2D eigenvalue weighted by atomic mass is 79.9. The Bertz CT molecular complexity index is 715. The van der Waals surface area contributed by atoms with Crippen LogP contribution >= 0.6 is 23.5 Å². The molecule has 1 aromatic heterocycles. The Labute approximate surface area is 111 Å². The Kier molecular flexibility index (Phi) is 3.47. The Morgan fingerprint density at radius 1 is 1.33 bits per heavy atom. The molecule has 0 radical (unpaired) electrons. The third-order valence-corrected chi connectivity index (χ3v) is 3.78. The number of halogens is 1. The Morgan fingerprint density at radius 3 is 2.61 bits per heavy atom. The van der Waals surface area contributed by atoms with E-state index in [4.69, 9.17) is 14.2 Å². The van der Waals surface area contributed by atoms with Gasteiger partial charge in [-0.1, -0.05) is 15.9 Å². The lowest BCUT2D eigenvalue weighted by molar-refractivity contribution is 0.372. The predicted octanol–water partition coefficient (Wildman–Crippen LogP) is 2.54. The quantitative estimate of drug-likeness (QED) is 0.651. The summed E-state index contributed by atoms with van der Waals surface area (Å²) in [5.41, 5.74) is 0.855. The molecule has 0 fully saturated rings. The van der Waals surface area contributed by atoms with E-state index in [2.05, 4.69) is 15.9 Å². The highest BCUT2D eigenvalue weighted by Gasteiger charge is 2.19. The molecular formula is C11H10BrO5P. The second-order valence-corrected chi connectivity index (χ2v) is 6.53. The summed E-state index contributed by atoms with van der Waals surface area (Å²) in [5, 5.41) is 0.517. The summed E-state index contributed by atoms with van der Waals surface area (Å²) in [7, 11) is -4.24. The molecule has 0 unspecified atom stereocenters. The van der Waals surface area contributed by atoms with Gasteiger partial charge in [-0.15, -0.1) is 0 Å². The van der Waals surface area contributed by atoms with Gasteiger partial charge in [-0.3, -0.25) is 4.57 Å². The molecule has 2 rings (SSSR count). The molecule has 0 spiro atoms. The van der Waals surface area contributed by atoms with Gasteiger partial charge in [0.25, 0.3) is 0 Å². The minimum Gasteiger partial charge on any atom is -0.423 e. The monoisotopic (exact) mass is 332 g/mol. The van der Waals surface area contributed by atoms with Crippen LogP contribution in [0.15, 0.2) is 31.9 Å². The van der Waals surface area contributed by atoms with Crippen LogP contribution < -0.4 is 5.63 Å². The highest BCUT2D eigenvalue weighted by molar-refractivity contribution is 9.10. The molecule has 0 bridgehead atoms. The smallest absolute Gasteiger partial charge is 0.336 e. The molecule has 2 aromatic rings. The van der Waals surface area contributed by atoms with E-state index in [1.54, 1.807) is 12.1 Å². The van der Waals surface area contributed by atoms with Crippen LogP contribution in [0.2, 0.25) is 0 Å². The minimum absolute atomic E-state index is 0.279. The van der Waals surface area contributed by atoms with Crippen molar-refractivity contribution in [3.8, 4) is 0 Å². The summed E-state index contributed by atoms with van der Waals surface area (Å²) >= 11 is 3.32. The van der Waals surface area contributed by atoms with Crippen molar-refractivity contribution in [1.82, 2.24) is 0 Å². The second-order valence-electron chi connectivity index (χ2n) is 4.03. The number of benzene rings is 1. The van der Waals surface area contributed by atoms with Crippen LogP contribution in [-0.4, -0.2) is 9.79 Å². The molecule has 2 N–H and O–H groups in total. The van der Waals surface area contributed by atoms with Crippen molar-refractivity contribution in [2.24, 2.45) is 0 Å². The van der Waals surface area contributed by atoms with Crippen LogP contribution in [0.5, 0.6) is 0 Å². The molecule has 0 aliphatic heterocycles. The van der Waals surface area contributed by atoms with E-state index in [1.165, 1.54) is 0 Å². The zero-order valence-corrected chi connectivity index (χ0v) is 11.9. The fourth-order valence-corrected chi connectivity index (χ4v) is 3.31. The van der Waals surface area contributed by atoms with Gasteiger partial charge in [-0.05, 0) is 30.2 Å². The van der Waals surface area contributed by atoms with Crippen LogP contribution in [-0.2, 0) is 10.7 Å². The summed E-state index contributed by atoms with van der Waals surface area (Å²) in [6, 6.07) is 4.57. The molecule has 1 aromatic carbocycles. The SMILES string of the molecule is Cc1cc(Br)c2c(CP(=O)(O)O)cc(=O)oc2c1. The van der Waals surface area contributed by atoms with Crippen LogP contribution in [0.1, 0.15) is 11.1 Å². The van der Waals surface area contributed by atoms with Crippen molar-refractivity contribution in [3.05, 3.63) is 44.2 Å². The maximum Gasteiger partial charge on any atom is 0.336 e. The van der Waals surface area contributed by atoms with Gasteiger partial charge >= 0.3 is 13.2 Å². The zero-order valence-electron chi connectivity index (χ0n) is 9.38. The molecule has 0 amide bonds. The highest BCUT2D eigenvalue weighted by Crippen LogP contribution is 2.41. The zero-order chi connectivity index (χ0) is 13.5. The topological polar surface area (TPSA) is 87.7 Å². The van der Waals surface area contributed by atoms with Crippen LogP contribution in [0.25, 0.3) is 11.0 Å². The summed E-state index contributed by atoms with van der Waals surface area (Å²) in [6.45, 7) is 1.83. The normalized spacial score (nSPS) is 12.0. The average Bonchev–Trinajstić information content (AvgIpc) is 2.11. The summed E-state index contributed by atoms with van der Waals surface area (Å²) in [4.78, 5) is 29.4. The fourth-order valence-electron chi connectivity index (χ4n) is 1.80. The molecule has 0 aliphatic carbocycles. The summed E-state index contributed by atoms with van der Waals surface area (Å²) in [6.07, 6.45) is -0.489. The van der Waals surface area contributed by atoms with Gasteiger partial charge in [-0.2, -0.15) is 0 Å². The third kappa shape index (κ3) is 2.90. The molecule has 1 heterocycles. The van der Waals surface area contributed by atoms with Crippen molar-refractivity contribution in [1.29, 1.82) is 0 Å². The Morgan fingerprint density at radius 2 is 2.00 bits per heavy atom. The van der Waals surface area contributed by atoms with E-state index in [0.29, 0.717) is 15.4 Å². The second kappa shape index (κ2) is 4.63. The van der Waals surface area contributed by atoms with E-state index in [1.807, 2.05) is 6.92 Å². The van der Waals surface area contributed by atoms with Crippen molar-refractivity contribution in [2.75, 3.05) is 0 Å². The van der Waals surface area contributed by atoms with E-state index in [9.17, 15) is 9.36 Å². The maximum absolute atomic E-state index is 11.4. The van der Waals surface area contributed by atoms with E-state index >= 15 is 0 Å². The van der Waals surface area contributed by atoms with E-state index in [0.717, 1.165) is 11.6 Å². The molecule has 0 atom stereocenters. The van der Waals surface area contributed by atoms with E-state index < -0.39 is 19.4 Å². The first-order valence-electron chi connectivity index (χ1n) is 5.04. The first-order chi connectivity index (χ1) is 8.26. The van der Waals surface area contributed by atoms with Gasteiger partial charge in [-0.25, -0.2) is 4.79 Å². The Balaban J connectivity index is 2.80. The van der Waals surface area contributed by atoms with Gasteiger partial charge < -0.3 is 14.2 Å². The molecule has 7 heteroatoms. The minimum atomic E-state index is -4.24. The van der Waals surface area contributed by atoms with E-state index in [-0.39, 0.29) is 5.56 Å². The lowest BCUT2D eigenvalue weighted by Gasteiger charge is -2.09. The number of rotatable bonds is 2. The van der Waals surface area contributed by atoms with Crippen LogP contribution in [0.4, 0.5) is 0 Å². The van der Waals surface area contributed by atoms with Crippen molar-refractivity contribution < 1.29 is 18.8 Å². The molecular weight excluding hydrogens is 323 g/mol. The van der Waals surface area contributed by atoms with Crippen LogP contribution in [0.3, 0.4) is 0 Å². The molecule has 0 saturated carbocycles. The number of fused-ring (bicyclic) bond motifs is 1. The lowest BCUT2D eigenvalue weighted by Crippen LogP contribution is -2.02. The standard InChI is InChI=1S/C11H10BrO5P/c1-6-2-8(12)11-7(5-18(14,15)16)4-10(13)17-9(11)3-6/h2-4H,5H2,1H3,(H2,14,15,16). The first kappa shape index (κ1) is 13.5. The van der Waals surface area contributed by atoms with Gasteiger partial charge in [0.15, 0.2) is 0 Å². The fraction of sp³-hybridized carbons (Fsp3) is 0.182. The van der Waals surface area contributed by atoms with Gasteiger partial charge in [0.2, 0.25) is 0 Å². The Hall–Kier alpha value is -0.940. The van der Waals surface area contributed by atoms with Crippen LogP contribution in [0, 0.1) is 6.92 Å². The number of hydrogen-bond acceptors (Lipinski definition) is 3. The number of aryl methyl sites for hydroxylation is 1. The summed E-state index contributed by atoms with van der Waals surface area (Å²) < 4.78 is 16.8. The maximum atomic E-state index is 11.4. The predicted molar refractivity (Wildman–Crippen MR) is 70.7 cm³/mol. The number of hydrogen-bond donors (Lipinski definition) is 2. The molecule has 0 saturated heterocycles. The van der Waals surface area contributed by atoms with Crippen molar-refractivity contribution in [3.63, 3.8) is 0 Å². The first-order valence-corrected chi connectivity index (χ1v) is 7.63. The largest absolute Gasteiger partial charge is 0.423 e. The third-order valence-electron chi connectivity index (χ3n) is 2.40. The van der Waals surface area contributed by atoms with Crippen molar-refractivity contribution >= 4 is 34.5 Å². The van der Waals surface area contributed by atoms with Gasteiger partial charge in [0.05, 0.1) is 6.16 Å². The molecule has 0 aliphatic rings.